The predicted octanol–water partition coefficient (Wildman–Crippen LogP) is 4.33. The fourth-order valence-corrected chi connectivity index (χ4v) is 3.26. The molecular weight excluding hydrogens is 327 g/mol. The molecule has 0 bridgehead atoms. The van der Waals surface area contributed by atoms with E-state index in [-0.39, 0.29) is 17.6 Å². The Hall–Kier alpha value is -1.91. The zero-order valence-corrected chi connectivity index (χ0v) is 14.1. The van der Waals surface area contributed by atoms with Crippen LogP contribution in [0.5, 0.6) is 0 Å². The fourth-order valence-electron chi connectivity index (χ4n) is 3.07. The van der Waals surface area contributed by atoms with Crippen LogP contribution in [0, 0.1) is 11.7 Å². The normalized spacial score (nSPS) is 18.3. The maximum atomic E-state index is 13.0. The van der Waals surface area contributed by atoms with Crippen molar-refractivity contribution in [2.45, 2.75) is 19.4 Å². The molecule has 2 aromatic rings. The van der Waals surface area contributed by atoms with Crippen LogP contribution in [-0.4, -0.2) is 23.9 Å². The molecule has 5 heteroatoms. The van der Waals surface area contributed by atoms with Crippen LogP contribution in [0.4, 0.5) is 10.1 Å². The molecule has 1 atom stereocenters. The Morgan fingerprint density at radius 1 is 1.25 bits per heavy atom. The van der Waals surface area contributed by atoms with Crippen molar-refractivity contribution in [2.75, 3.05) is 18.4 Å². The molecule has 0 unspecified atom stereocenters. The van der Waals surface area contributed by atoms with Crippen LogP contribution in [-0.2, 0) is 11.3 Å². The Morgan fingerprint density at radius 2 is 2.04 bits per heavy atom. The predicted molar refractivity (Wildman–Crippen MR) is 94.5 cm³/mol. The summed E-state index contributed by atoms with van der Waals surface area (Å²) in [5.74, 6) is -0.240. The minimum Gasteiger partial charge on any atom is -0.326 e. The van der Waals surface area contributed by atoms with E-state index >= 15 is 0 Å². The molecule has 0 saturated carbocycles. The molecule has 2 aromatic carbocycles. The number of carbonyl (C=O) groups is 1. The number of hydrogen-bond donors (Lipinski definition) is 1. The van der Waals surface area contributed by atoms with Gasteiger partial charge in [-0.2, -0.15) is 0 Å². The van der Waals surface area contributed by atoms with Gasteiger partial charge >= 0.3 is 0 Å². The van der Waals surface area contributed by atoms with Gasteiger partial charge in [0, 0.05) is 23.8 Å². The highest BCUT2D eigenvalue weighted by Gasteiger charge is 2.25. The van der Waals surface area contributed by atoms with Crippen LogP contribution in [0.2, 0.25) is 5.02 Å². The molecule has 1 fully saturated rings. The van der Waals surface area contributed by atoms with Crippen molar-refractivity contribution in [2.24, 2.45) is 5.92 Å². The fraction of sp³-hybridized carbons (Fsp3) is 0.316. The largest absolute Gasteiger partial charge is 0.326 e. The average molecular weight is 347 g/mol. The molecular formula is C19H20ClFN2O. The Kier molecular flexibility index (Phi) is 5.48. The van der Waals surface area contributed by atoms with E-state index in [0.717, 1.165) is 37.2 Å². The number of halogens is 2. The third-order valence-corrected chi connectivity index (χ3v) is 4.52. The van der Waals surface area contributed by atoms with Gasteiger partial charge in [-0.25, -0.2) is 4.39 Å². The molecule has 0 aromatic heterocycles. The van der Waals surface area contributed by atoms with Gasteiger partial charge in [-0.1, -0.05) is 29.8 Å². The molecule has 24 heavy (non-hydrogen) atoms. The highest BCUT2D eigenvalue weighted by molar-refractivity contribution is 6.30. The zero-order chi connectivity index (χ0) is 16.9. The lowest BCUT2D eigenvalue weighted by atomic mass is 9.96. The number of likely N-dealkylation sites (tertiary alicyclic amines) is 1. The summed E-state index contributed by atoms with van der Waals surface area (Å²) < 4.78 is 13.0. The van der Waals surface area contributed by atoms with E-state index in [9.17, 15) is 9.18 Å². The first kappa shape index (κ1) is 16.9. The molecule has 1 aliphatic rings. The molecule has 3 rings (SSSR count). The van der Waals surface area contributed by atoms with Crippen LogP contribution in [0.15, 0.2) is 48.5 Å². The summed E-state index contributed by atoms with van der Waals surface area (Å²) in [7, 11) is 0. The number of carbonyl (C=O) groups excluding carboxylic acids is 1. The van der Waals surface area contributed by atoms with Gasteiger partial charge in [-0.3, -0.25) is 9.69 Å². The van der Waals surface area contributed by atoms with Crippen molar-refractivity contribution >= 4 is 23.2 Å². The lowest BCUT2D eigenvalue weighted by Crippen LogP contribution is -2.40. The first-order valence-electron chi connectivity index (χ1n) is 8.13. The topological polar surface area (TPSA) is 32.3 Å². The van der Waals surface area contributed by atoms with Crippen LogP contribution in [0.25, 0.3) is 0 Å². The maximum absolute atomic E-state index is 13.0. The molecule has 1 aliphatic heterocycles. The molecule has 1 N–H and O–H groups in total. The number of anilines is 1. The van der Waals surface area contributed by atoms with Gasteiger partial charge in [0.2, 0.25) is 5.91 Å². The van der Waals surface area contributed by atoms with Crippen molar-refractivity contribution in [3.05, 3.63) is 64.9 Å². The molecule has 126 valence electrons. The van der Waals surface area contributed by atoms with E-state index in [1.54, 1.807) is 24.3 Å². The Labute approximate surface area is 146 Å². The number of nitrogens with zero attached hydrogens (tertiary/aromatic N) is 1. The van der Waals surface area contributed by atoms with Crippen molar-refractivity contribution in [3.63, 3.8) is 0 Å². The Morgan fingerprint density at radius 3 is 2.79 bits per heavy atom. The number of piperidine rings is 1. The van der Waals surface area contributed by atoms with Gasteiger partial charge in [0.25, 0.3) is 0 Å². The lowest BCUT2D eigenvalue weighted by molar-refractivity contribution is -0.121. The van der Waals surface area contributed by atoms with Gasteiger partial charge in [0.05, 0.1) is 5.92 Å². The molecule has 1 amide bonds. The monoisotopic (exact) mass is 346 g/mol. The minimum atomic E-state index is -0.226. The summed E-state index contributed by atoms with van der Waals surface area (Å²) in [4.78, 5) is 14.7. The SMILES string of the molecule is O=C(Nc1cccc(Cl)c1)[C@H]1CCCN(Cc2ccc(F)cc2)C1. The average Bonchev–Trinajstić information content (AvgIpc) is 2.57. The van der Waals surface area contributed by atoms with E-state index in [2.05, 4.69) is 10.2 Å². The standard InChI is InChI=1S/C19H20ClFN2O/c20-16-4-1-5-18(11-16)22-19(24)15-3-2-10-23(13-15)12-14-6-8-17(21)9-7-14/h1,4-9,11,15H,2-3,10,12-13H2,(H,22,24)/t15-/m0/s1. The minimum absolute atomic E-state index is 0.0288. The van der Waals surface area contributed by atoms with Gasteiger partial charge in [0.1, 0.15) is 5.82 Å². The van der Waals surface area contributed by atoms with Gasteiger partial charge in [0.15, 0.2) is 0 Å². The van der Waals surface area contributed by atoms with Crippen LogP contribution in [0.3, 0.4) is 0 Å². The molecule has 0 radical (unpaired) electrons. The smallest absolute Gasteiger partial charge is 0.228 e. The second-order valence-electron chi connectivity index (χ2n) is 6.20. The van der Waals surface area contributed by atoms with E-state index in [1.165, 1.54) is 12.1 Å². The van der Waals surface area contributed by atoms with Crippen LogP contribution >= 0.6 is 11.6 Å². The Balaban J connectivity index is 1.58. The van der Waals surface area contributed by atoms with E-state index in [4.69, 9.17) is 11.6 Å². The number of benzene rings is 2. The van der Waals surface area contributed by atoms with E-state index < -0.39 is 0 Å². The first-order chi connectivity index (χ1) is 11.6. The third kappa shape index (κ3) is 4.56. The zero-order valence-electron chi connectivity index (χ0n) is 13.3. The molecule has 3 nitrogen and oxygen atoms in total. The second-order valence-corrected chi connectivity index (χ2v) is 6.64. The number of hydrogen-bond acceptors (Lipinski definition) is 2. The van der Waals surface area contributed by atoms with Crippen molar-refractivity contribution in [3.8, 4) is 0 Å². The van der Waals surface area contributed by atoms with E-state index in [0.29, 0.717) is 11.6 Å². The van der Waals surface area contributed by atoms with E-state index in [1.807, 2.05) is 12.1 Å². The highest BCUT2D eigenvalue weighted by atomic mass is 35.5. The summed E-state index contributed by atoms with van der Waals surface area (Å²) in [6.07, 6.45) is 1.86. The molecule has 0 spiro atoms. The third-order valence-electron chi connectivity index (χ3n) is 4.29. The second kappa shape index (κ2) is 7.77. The first-order valence-corrected chi connectivity index (χ1v) is 8.51. The van der Waals surface area contributed by atoms with Gasteiger partial charge < -0.3 is 5.32 Å². The number of rotatable bonds is 4. The van der Waals surface area contributed by atoms with Gasteiger partial charge in [-0.15, -0.1) is 0 Å². The molecule has 1 saturated heterocycles. The van der Waals surface area contributed by atoms with Crippen molar-refractivity contribution < 1.29 is 9.18 Å². The molecule has 1 heterocycles. The van der Waals surface area contributed by atoms with Gasteiger partial charge in [-0.05, 0) is 55.3 Å². The van der Waals surface area contributed by atoms with Crippen molar-refractivity contribution in [1.29, 1.82) is 0 Å². The highest BCUT2D eigenvalue weighted by Crippen LogP contribution is 2.21. The summed E-state index contributed by atoms with van der Waals surface area (Å²) in [6, 6.07) is 13.7. The van der Waals surface area contributed by atoms with Crippen LogP contribution in [0.1, 0.15) is 18.4 Å². The number of nitrogens with one attached hydrogen (secondary N) is 1. The Bertz CT molecular complexity index is 705. The maximum Gasteiger partial charge on any atom is 0.228 e. The number of amides is 1. The van der Waals surface area contributed by atoms with Crippen molar-refractivity contribution in [1.82, 2.24) is 4.90 Å². The summed E-state index contributed by atoms with van der Waals surface area (Å²) in [5, 5.41) is 3.55. The lowest BCUT2D eigenvalue weighted by Gasteiger charge is -2.32. The molecule has 0 aliphatic carbocycles. The van der Waals surface area contributed by atoms with Crippen LogP contribution < -0.4 is 5.32 Å². The quantitative estimate of drug-likeness (QED) is 0.893. The summed E-state index contributed by atoms with van der Waals surface area (Å²) in [6.45, 7) is 2.41. The summed E-state index contributed by atoms with van der Waals surface area (Å²) in [5.41, 5.74) is 1.79. The summed E-state index contributed by atoms with van der Waals surface area (Å²) >= 11 is 5.95.